The topological polar surface area (TPSA) is 97.1 Å². The van der Waals surface area contributed by atoms with Crippen LogP contribution in [0.25, 0.3) is 10.6 Å². The SMILES string of the molecule is Cc1cccc(-c2nc(CC(=O)N3CCN(C(=O)Cn4cnnn4)CC3)cs2)c1. The molecule has 1 fully saturated rings. The van der Waals surface area contributed by atoms with E-state index < -0.39 is 0 Å². The Morgan fingerprint density at radius 2 is 1.86 bits per heavy atom. The lowest BCUT2D eigenvalue weighted by atomic mass is 10.1. The van der Waals surface area contributed by atoms with Gasteiger partial charge in [0.2, 0.25) is 11.8 Å². The van der Waals surface area contributed by atoms with Gasteiger partial charge in [-0.2, -0.15) is 0 Å². The molecule has 1 aliphatic rings. The van der Waals surface area contributed by atoms with Gasteiger partial charge in [-0.1, -0.05) is 23.8 Å². The van der Waals surface area contributed by atoms with Crippen molar-refractivity contribution in [2.75, 3.05) is 26.2 Å². The van der Waals surface area contributed by atoms with Crippen LogP contribution in [0, 0.1) is 6.92 Å². The number of piperazine rings is 1. The van der Waals surface area contributed by atoms with Gasteiger partial charge in [-0.05, 0) is 23.4 Å². The Balaban J connectivity index is 1.29. The van der Waals surface area contributed by atoms with Crippen LogP contribution in [0.3, 0.4) is 0 Å². The van der Waals surface area contributed by atoms with Gasteiger partial charge in [0.15, 0.2) is 0 Å². The predicted octanol–water partition coefficient (Wildman–Crippen LogP) is 1.02. The second-order valence-corrected chi connectivity index (χ2v) is 7.82. The third-order valence-corrected chi connectivity index (χ3v) is 5.76. The van der Waals surface area contributed by atoms with Crippen LogP contribution in [0.15, 0.2) is 36.0 Å². The van der Waals surface area contributed by atoms with E-state index in [9.17, 15) is 9.59 Å². The van der Waals surface area contributed by atoms with Crippen molar-refractivity contribution in [3.8, 4) is 10.6 Å². The number of carbonyl (C=O) groups is 2. The smallest absolute Gasteiger partial charge is 0.244 e. The second-order valence-electron chi connectivity index (χ2n) is 6.96. The average Bonchev–Trinajstić information content (AvgIpc) is 3.40. The molecule has 0 radical (unpaired) electrons. The number of thiazole rings is 1. The zero-order valence-electron chi connectivity index (χ0n) is 16.1. The van der Waals surface area contributed by atoms with Gasteiger partial charge in [-0.25, -0.2) is 9.67 Å². The van der Waals surface area contributed by atoms with E-state index >= 15 is 0 Å². The molecule has 2 amide bonds. The van der Waals surface area contributed by atoms with E-state index in [0.717, 1.165) is 16.3 Å². The molecule has 1 aromatic carbocycles. The number of hydrogen-bond acceptors (Lipinski definition) is 7. The first-order valence-electron chi connectivity index (χ1n) is 9.36. The first-order chi connectivity index (χ1) is 14.1. The van der Waals surface area contributed by atoms with Crippen molar-refractivity contribution in [2.45, 2.75) is 19.9 Å². The van der Waals surface area contributed by atoms with Gasteiger partial charge in [0, 0.05) is 37.1 Å². The average molecular weight is 411 g/mol. The molecular formula is C19H21N7O2S. The van der Waals surface area contributed by atoms with Crippen molar-refractivity contribution in [3.05, 3.63) is 47.2 Å². The molecule has 0 unspecified atom stereocenters. The minimum absolute atomic E-state index is 0.0404. The number of benzene rings is 1. The number of tetrazole rings is 1. The lowest BCUT2D eigenvalue weighted by Gasteiger charge is -2.34. The number of nitrogens with zero attached hydrogens (tertiary/aromatic N) is 7. The van der Waals surface area contributed by atoms with Gasteiger partial charge in [-0.15, -0.1) is 16.4 Å². The minimum atomic E-state index is -0.0494. The summed E-state index contributed by atoms with van der Waals surface area (Å²) in [5, 5.41) is 13.6. The Bertz CT molecular complexity index is 994. The Kier molecular flexibility index (Phi) is 5.61. The molecule has 10 heteroatoms. The fraction of sp³-hybridized carbons (Fsp3) is 0.368. The molecular weight excluding hydrogens is 390 g/mol. The number of carbonyl (C=O) groups excluding carboxylic acids is 2. The zero-order chi connectivity index (χ0) is 20.2. The normalized spacial score (nSPS) is 14.2. The highest BCUT2D eigenvalue weighted by molar-refractivity contribution is 7.13. The van der Waals surface area contributed by atoms with E-state index in [1.807, 2.05) is 17.5 Å². The maximum atomic E-state index is 12.7. The number of amides is 2. The Labute approximate surface area is 172 Å². The van der Waals surface area contributed by atoms with E-state index in [2.05, 4.69) is 39.6 Å². The molecule has 9 nitrogen and oxygen atoms in total. The first kappa shape index (κ1) is 19.2. The number of hydrogen-bond donors (Lipinski definition) is 0. The van der Waals surface area contributed by atoms with Crippen LogP contribution in [0.1, 0.15) is 11.3 Å². The Morgan fingerprint density at radius 1 is 1.10 bits per heavy atom. The van der Waals surface area contributed by atoms with E-state index in [-0.39, 0.29) is 24.8 Å². The van der Waals surface area contributed by atoms with Crippen molar-refractivity contribution in [3.63, 3.8) is 0 Å². The van der Waals surface area contributed by atoms with Crippen molar-refractivity contribution >= 4 is 23.2 Å². The summed E-state index contributed by atoms with van der Waals surface area (Å²) >= 11 is 1.55. The Hall–Kier alpha value is -3.14. The molecule has 3 aromatic rings. The monoisotopic (exact) mass is 411 g/mol. The van der Waals surface area contributed by atoms with E-state index in [1.54, 1.807) is 21.1 Å². The highest BCUT2D eigenvalue weighted by Gasteiger charge is 2.25. The molecule has 1 aliphatic heterocycles. The zero-order valence-corrected chi connectivity index (χ0v) is 16.9. The fourth-order valence-electron chi connectivity index (χ4n) is 3.26. The van der Waals surface area contributed by atoms with E-state index in [0.29, 0.717) is 26.2 Å². The van der Waals surface area contributed by atoms with Gasteiger partial charge in [0.25, 0.3) is 0 Å². The molecule has 0 bridgehead atoms. The molecule has 0 aliphatic carbocycles. The van der Waals surface area contributed by atoms with E-state index in [1.165, 1.54) is 16.6 Å². The largest absolute Gasteiger partial charge is 0.339 e. The van der Waals surface area contributed by atoms with Gasteiger partial charge in [0.05, 0.1) is 12.1 Å². The number of aryl methyl sites for hydroxylation is 1. The van der Waals surface area contributed by atoms with Crippen LogP contribution >= 0.6 is 11.3 Å². The van der Waals surface area contributed by atoms with Crippen LogP contribution in [0.2, 0.25) is 0 Å². The molecule has 2 aromatic heterocycles. The molecule has 0 saturated carbocycles. The molecule has 1 saturated heterocycles. The summed E-state index contributed by atoms with van der Waals surface area (Å²) < 4.78 is 1.40. The summed E-state index contributed by atoms with van der Waals surface area (Å²) in [6.45, 7) is 4.23. The molecule has 3 heterocycles. The standard InChI is InChI=1S/C19H21N7O2S/c1-14-3-2-4-15(9-14)19-21-16(12-29-19)10-17(27)24-5-7-25(8-6-24)18(28)11-26-13-20-22-23-26/h2-4,9,12-13H,5-8,10-11H2,1H3. The lowest BCUT2D eigenvalue weighted by Crippen LogP contribution is -2.51. The second kappa shape index (κ2) is 8.48. The van der Waals surface area contributed by atoms with Crippen molar-refractivity contribution < 1.29 is 9.59 Å². The minimum Gasteiger partial charge on any atom is -0.339 e. The van der Waals surface area contributed by atoms with Gasteiger partial charge < -0.3 is 9.80 Å². The van der Waals surface area contributed by atoms with Crippen molar-refractivity contribution in [1.82, 2.24) is 35.0 Å². The fourth-order valence-corrected chi connectivity index (χ4v) is 4.08. The quantitative estimate of drug-likeness (QED) is 0.622. The summed E-state index contributed by atoms with van der Waals surface area (Å²) in [7, 11) is 0. The van der Waals surface area contributed by atoms with Crippen LogP contribution in [0.5, 0.6) is 0 Å². The van der Waals surface area contributed by atoms with Gasteiger partial charge in [-0.3, -0.25) is 9.59 Å². The molecule has 0 N–H and O–H groups in total. The van der Waals surface area contributed by atoms with Gasteiger partial charge in [0.1, 0.15) is 17.9 Å². The highest BCUT2D eigenvalue weighted by Crippen LogP contribution is 2.24. The lowest BCUT2D eigenvalue weighted by molar-refractivity contribution is -0.139. The number of aromatic nitrogens is 5. The van der Waals surface area contributed by atoms with Crippen LogP contribution in [-0.2, 0) is 22.6 Å². The third-order valence-electron chi connectivity index (χ3n) is 4.82. The number of rotatable bonds is 5. The van der Waals surface area contributed by atoms with Crippen LogP contribution in [-0.4, -0.2) is 73.0 Å². The van der Waals surface area contributed by atoms with Crippen LogP contribution < -0.4 is 0 Å². The third kappa shape index (κ3) is 4.65. The highest BCUT2D eigenvalue weighted by atomic mass is 32.1. The summed E-state index contributed by atoms with van der Waals surface area (Å²) in [6, 6.07) is 8.19. The van der Waals surface area contributed by atoms with Crippen molar-refractivity contribution in [2.24, 2.45) is 0 Å². The summed E-state index contributed by atoms with van der Waals surface area (Å²) in [5.41, 5.74) is 3.04. The molecule has 150 valence electrons. The van der Waals surface area contributed by atoms with E-state index in [4.69, 9.17) is 0 Å². The van der Waals surface area contributed by atoms with Crippen molar-refractivity contribution in [1.29, 1.82) is 0 Å². The summed E-state index contributed by atoms with van der Waals surface area (Å²) in [6.07, 6.45) is 1.69. The van der Waals surface area contributed by atoms with Gasteiger partial charge >= 0.3 is 0 Å². The molecule has 4 rings (SSSR count). The maximum Gasteiger partial charge on any atom is 0.244 e. The summed E-state index contributed by atoms with van der Waals surface area (Å²) in [5.74, 6) is -0.00892. The molecule has 29 heavy (non-hydrogen) atoms. The first-order valence-corrected chi connectivity index (χ1v) is 10.2. The predicted molar refractivity (Wildman–Crippen MR) is 107 cm³/mol. The molecule has 0 spiro atoms. The molecule has 0 atom stereocenters. The Morgan fingerprint density at radius 3 is 2.55 bits per heavy atom. The maximum absolute atomic E-state index is 12.7. The summed E-state index contributed by atoms with van der Waals surface area (Å²) in [4.78, 5) is 33.1. The van der Waals surface area contributed by atoms with Crippen LogP contribution in [0.4, 0.5) is 0 Å².